The predicted molar refractivity (Wildman–Crippen MR) is 89.8 cm³/mol. The minimum Gasteiger partial charge on any atom is -0.341 e. The van der Waals surface area contributed by atoms with Crippen LogP contribution < -0.4 is 5.32 Å². The molecule has 0 spiro atoms. The predicted octanol–water partition coefficient (Wildman–Crippen LogP) is 3.09. The molecule has 27 heavy (non-hydrogen) atoms. The fraction of sp³-hybridized carbons (Fsp3) is 0.211. The number of imide groups is 1. The lowest BCUT2D eigenvalue weighted by Crippen LogP contribution is -2.40. The number of halogens is 3. The molecule has 0 bridgehead atoms. The van der Waals surface area contributed by atoms with E-state index < -0.39 is 36.4 Å². The highest BCUT2D eigenvalue weighted by atomic mass is 19.4. The second-order valence-corrected chi connectivity index (χ2v) is 6.01. The standard InChI is InChI=1S/C19H15F3N2O3/c20-19(21,22)16(12-6-2-1-3-7-12)23-15(25)10-11-24-17(26)13-8-4-5-9-14(13)18(24)27/h1-9,16H,10-11H2,(H,23,25). The minimum atomic E-state index is -4.67. The summed E-state index contributed by atoms with van der Waals surface area (Å²) in [5.41, 5.74) is 0.347. The average molecular weight is 376 g/mol. The number of benzene rings is 2. The van der Waals surface area contributed by atoms with Gasteiger partial charge in [-0.1, -0.05) is 42.5 Å². The second-order valence-electron chi connectivity index (χ2n) is 6.01. The minimum absolute atomic E-state index is 0.0981. The highest BCUT2D eigenvalue weighted by Crippen LogP contribution is 2.32. The van der Waals surface area contributed by atoms with E-state index in [1.54, 1.807) is 18.2 Å². The molecule has 2 aromatic carbocycles. The molecule has 140 valence electrons. The van der Waals surface area contributed by atoms with Gasteiger partial charge < -0.3 is 5.32 Å². The number of carbonyl (C=O) groups excluding carboxylic acids is 3. The Morgan fingerprint density at radius 3 is 1.96 bits per heavy atom. The Balaban J connectivity index is 1.66. The summed E-state index contributed by atoms with van der Waals surface area (Å²) in [6, 6.07) is 11.0. The Labute approximate surface area is 152 Å². The summed E-state index contributed by atoms with van der Waals surface area (Å²) in [5.74, 6) is -2.02. The van der Waals surface area contributed by atoms with Crippen molar-refractivity contribution in [2.45, 2.75) is 18.6 Å². The van der Waals surface area contributed by atoms with E-state index in [1.807, 2.05) is 5.32 Å². The molecule has 0 saturated heterocycles. The second kappa shape index (κ2) is 7.22. The number of alkyl halides is 3. The molecule has 0 radical (unpaired) electrons. The van der Waals surface area contributed by atoms with Crippen molar-refractivity contribution in [1.29, 1.82) is 0 Å². The maximum absolute atomic E-state index is 13.3. The van der Waals surface area contributed by atoms with Crippen LogP contribution in [0, 0.1) is 0 Å². The molecule has 2 aromatic rings. The first kappa shape index (κ1) is 18.6. The van der Waals surface area contributed by atoms with E-state index in [4.69, 9.17) is 0 Å². The van der Waals surface area contributed by atoms with Gasteiger partial charge in [0.15, 0.2) is 6.04 Å². The fourth-order valence-corrected chi connectivity index (χ4v) is 2.89. The molecule has 0 aliphatic carbocycles. The number of carbonyl (C=O) groups is 3. The van der Waals surface area contributed by atoms with E-state index in [0.717, 1.165) is 4.90 Å². The van der Waals surface area contributed by atoms with Crippen LogP contribution in [-0.4, -0.2) is 35.3 Å². The molecule has 3 rings (SSSR count). The first-order chi connectivity index (χ1) is 12.8. The molecule has 1 N–H and O–H groups in total. The monoisotopic (exact) mass is 376 g/mol. The van der Waals surface area contributed by atoms with Crippen molar-refractivity contribution in [2.75, 3.05) is 6.54 Å². The zero-order valence-corrected chi connectivity index (χ0v) is 14.0. The Bertz CT molecular complexity index is 846. The normalized spacial score (nSPS) is 14.9. The zero-order valence-electron chi connectivity index (χ0n) is 14.0. The third-order valence-electron chi connectivity index (χ3n) is 4.21. The van der Waals surface area contributed by atoms with Crippen molar-refractivity contribution in [3.8, 4) is 0 Å². The van der Waals surface area contributed by atoms with Crippen LogP contribution in [0.2, 0.25) is 0 Å². The van der Waals surface area contributed by atoms with Crippen molar-refractivity contribution in [2.24, 2.45) is 0 Å². The van der Waals surface area contributed by atoms with Gasteiger partial charge in [-0.05, 0) is 17.7 Å². The van der Waals surface area contributed by atoms with E-state index in [2.05, 4.69) is 0 Å². The molecular weight excluding hydrogens is 361 g/mol. The van der Waals surface area contributed by atoms with Gasteiger partial charge in [0.25, 0.3) is 11.8 Å². The lowest BCUT2D eigenvalue weighted by Gasteiger charge is -2.22. The van der Waals surface area contributed by atoms with Crippen LogP contribution in [-0.2, 0) is 4.79 Å². The van der Waals surface area contributed by atoms with Gasteiger partial charge in [-0.15, -0.1) is 0 Å². The van der Waals surface area contributed by atoms with E-state index >= 15 is 0 Å². The number of hydrogen-bond donors (Lipinski definition) is 1. The van der Waals surface area contributed by atoms with Crippen molar-refractivity contribution >= 4 is 17.7 Å². The number of nitrogens with one attached hydrogen (secondary N) is 1. The van der Waals surface area contributed by atoms with Crippen molar-refractivity contribution in [3.63, 3.8) is 0 Å². The largest absolute Gasteiger partial charge is 0.412 e. The van der Waals surface area contributed by atoms with E-state index in [0.29, 0.717) is 0 Å². The third kappa shape index (κ3) is 3.84. The summed E-state index contributed by atoms with van der Waals surface area (Å²) < 4.78 is 39.8. The van der Waals surface area contributed by atoms with Gasteiger partial charge >= 0.3 is 6.18 Å². The van der Waals surface area contributed by atoms with Gasteiger partial charge in [-0.25, -0.2) is 0 Å². The van der Waals surface area contributed by atoms with Gasteiger partial charge in [0.1, 0.15) is 0 Å². The average Bonchev–Trinajstić information content (AvgIpc) is 2.89. The molecule has 1 atom stereocenters. The zero-order chi connectivity index (χ0) is 19.6. The highest BCUT2D eigenvalue weighted by molar-refractivity contribution is 6.21. The first-order valence-corrected chi connectivity index (χ1v) is 8.15. The third-order valence-corrected chi connectivity index (χ3v) is 4.21. The van der Waals surface area contributed by atoms with Gasteiger partial charge in [0.05, 0.1) is 11.1 Å². The van der Waals surface area contributed by atoms with Crippen LogP contribution in [0.15, 0.2) is 54.6 Å². The lowest BCUT2D eigenvalue weighted by molar-refractivity contribution is -0.163. The van der Waals surface area contributed by atoms with Crippen LogP contribution in [0.25, 0.3) is 0 Å². The van der Waals surface area contributed by atoms with Crippen molar-refractivity contribution in [1.82, 2.24) is 10.2 Å². The lowest BCUT2D eigenvalue weighted by atomic mass is 10.1. The molecule has 5 nitrogen and oxygen atoms in total. The summed E-state index contributed by atoms with van der Waals surface area (Å²) in [7, 11) is 0. The Kier molecular flexibility index (Phi) is 4.98. The smallest absolute Gasteiger partial charge is 0.341 e. The van der Waals surface area contributed by atoms with Gasteiger partial charge in [0.2, 0.25) is 5.91 Å². The van der Waals surface area contributed by atoms with Crippen molar-refractivity contribution < 1.29 is 27.6 Å². The summed E-state index contributed by atoms with van der Waals surface area (Å²) in [6.45, 7) is -0.294. The van der Waals surface area contributed by atoms with Crippen molar-refractivity contribution in [3.05, 3.63) is 71.3 Å². The van der Waals surface area contributed by atoms with Crippen LogP contribution >= 0.6 is 0 Å². The fourth-order valence-electron chi connectivity index (χ4n) is 2.89. The molecule has 3 amide bonds. The van der Waals surface area contributed by atoms with E-state index in [-0.39, 0.29) is 23.2 Å². The molecule has 1 aliphatic heterocycles. The van der Waals surface area contributed by atoms with Crippen LogP contribution in [0.1, 0.15) is 38.7 Å². The molecule has 1 unspecified atom stereocenters. The van der Waals surface area contributed by atoms with Crippen LogP contribution in [0.5, 0.6) is 0 Å². The van der Waals surface area contributed by atoms with Gasteiger partial charge in [0, 0.05) is 13.0 Å². The maximum Gasteiger partial charge on any atom is 0.412 e. The first-order valence-electron chi connectivity index (χ1n) is 8.15. The molecule has 0 aromatic heterocycles. The number of hydrogen-bond acceptors (Lipinski definition) is 3. The number of rotatable bonds is 5. The van der Waals surface area contributed by atoms with Crippen LogP contribution in [0.4, 0.5) is 13.2 Å². The Morgan fingerprint density at radius 2 is 1.44 bits per heavy atom. The molecule has 0 fully saturated rings. The van der Waals surface area contributed by atoms with Gasteiger partial charge in [-0.2, -0.15) is 13.2 Å². The van der Waals surface area contributed by atoms with Gasteiger partial charge in [-0.3, -0.25) is 19.3 Å². The maximum atomic E-state index is 13.3. The summed E-state index contributed by atoms with van der Waals surface area (Å²) >= 11 is 0. The molecule has 1 heterocycles. The summed E-state index contributed by atoms with van der Waals surface area (Å²) in [4.78, 5) is 37.4. The molecular formula is C19H15F3N2O3. The summed E-state index contributed by atoms with van der Waals surface area (Å²) in [6.07, 6.45) is -5.10. The summed E-state index contributed by atoms with van der Waals surface area (Å²) in [5, 5.41) is 1.93. The SMILES string of the molecule is O=C(CCN1C(=O)c2ccccc2C1=O)NC(c1ccccc1)C(F)(F)F. The number of amides is 3. The molecule has 0 saturated carbocycles. The topological polar surface area (TPSA) is 66.5 Å². The molecule has 1 aliphatic rings. The molecule has 8 heteroatoms. The highest BCUT2D eigenvalue weighted by Gasteiger charge is 2.42. The van der Waals surface area contributed by atoms with Crippen LogP contribution in [0.3, 0.4) is 0 Å². The van der Waals surface area contributed by atoms with E-state index in [9.17, 15) is 27.6 Å². The Morgan fingerprint density at radius 1 is 0.926 bits per heavy atom. The number of fused-ring (bicyclic) bond motifs is 1. The quantitative estimate of drug-likeness (QED) is 0.816. The van der Waals surface area contributed by atoms with E-state index in [1.165, 1.54) is 36.4 Å². The number of nitrogens with zero attached hydrogens (tertiary/aromatic N) is 1. The Hall–Kier alpha value is -3.16.